The summed E-state index contributed by atoms with van der Waals surface area (Å²) in [7, 11) is 0. The SMILES string of the molecule is O=c1c(-c2ccc(O)cc2)coc2cc(OCCN3CCN(CSNc4cccc(F)c4)CC3)ccc12. The first-order valence-electron chi connectivity index (χ1n) is 12.1. The van der Waals surface area contributed by atoms with Gasteiger partial charge in [0.15, 0.2) is 5.43 Å². The van der Waals surface area contributed by atoms with Gasteiger partial charge in [-0.3, -0.25) is 14.6 Å². The minimum Gasteiger partial charge on any atom is -0.508 e. The van der Waals surface area contributed by atoms with Crippen molar-refractivity contribution in [3.05, 3.63) is 89.0 Å². The molecular formula is C28H28FN3O4S. The van der Waals surface area contributed by atoms with Crippen LogP contribution in [-0.4, -0.2) is 60.1 Å². The Hall–Kier alpha value is -3.53. The van der Waals surface area contributed by atoms with Gasteiger partial charge in [0.05, 0.1) is 16.8 Å². The topological polar surface area (TPSA) is 78.2 Å². The molecule has 37 heavy (non-hydrogen) atoms. The minimum absolute atomic E-state index is 0.124. The fourth-order valence-corrected chi connectivity index (χ4v) is 5.03. The highest BCUT2D eigenvalue weighted by Gasteiger charge is 2.17. The molecule has 0 saturated carbocycles. The number of rotatable bonds is 9. The summed E-state index contributed by atoms with van der Waals surface area (Å²) in [5, 5.41) is 9.97. The molecule has 0 radical (unpaired) electrons. The number of phenolic OH excluding ortho intramolecular Hbond substituents is 1. The molecular weight excluding hydrogens is 493 g/mol. The van der Waals surface area contributed by atoms with Crippen LogP contribution < -0.4 is 14.9 Å². The molecule has 0 atom stereocenters. The largest absolute Gasteiger partial charge is 0.508 e. The van der Waals surface area contributed by atoms with Crippen molar-refractivity contribution in [2.75, 3.05) is 49.9 Å². The van der Waals surface area contributed by atoms with Crippen molar-refractivity contribution in [3.63, 3.8) is 0 Å². The zero-order valence-corrected chi connectivity index (χ0v) is 21.0. The predicted octanol–water partition coefficient (Wildman–Crippen LogP) is 5.02. The minimum atomic E-state index is -0.241. The van der Waals surface area contributed by atoms with Crippen molar-refractivity contribution in [3.8, 4) is 22.6 Å². The van der Waals surface area contributed by atoms with Crippen LogP contribution in [-0.2, 0) is 0 Å². The number of nitrogens with one attached hydrogen (secondary N) is 1. The summed E-state index contributed by atoms with van der Waals surface area (Å²) < 4.78 is 28.1. The maximum Gasteiger partial charge on any atom is 0.200 e. The van der Waals surface area contributed by atoms with E-state index in [4.69, 9.17) is 9.15 Å². The van der Waals surface area contributed by atoms with E-state index in [1.54, 1.807) is 60.5 Å². The van der Waals surface area contributed by atoms with Gasteiger partial charge < -0.3 is 19.0 Å². The molecule has 1 fully saturated rings. The molecule has 1 aromatic heterocycles. The Morgan fingerprint density at radius 3 is 2.57 bits per heavy atom. The van der Waals surface area contributed by atoms with E-state index < -0.39 is 0 Å². The number of halogens is 1. The zero-order chi connectivity index (χ0) is 25.6. The average Bonchev–Trinajstić information content (AvgIpc) is 2.91. The van der Waals surface area contributed by atoms with E-state index in [2.05, 4.69) is 14.5 Å². The number of aromatic hydroxyl groups is 1. The third-order valence-electron chi connectivity index (χ3n) is 6.33. The maximum absolute atomic E-state index is 13.3. The Bertz CT molecular complexity index is 1400. The lowest BCUT2D eigenvalue weighted by Gasteiger charge is -2.34. The number of ether oxygens (including phenoxy) is 1. The Morgan fingerprint density at radius 2 is 1.78 bits per heavy atom. The van der Waals surface area contributed by atoms with Crippen molar-refractivity contribution in [2.24, 2.45) is 0 Å². The van der Waals surface area contributed by atoms with Gasteiger partial charge in [-0.25, -0.2) is 4.39 Å². The molecule has 1 aliphatic rings. The Morgan fingerprint density at radius 1 is 1.00 bits per heavy atom. The second-order valence-electron chi connectivity index (χ2n) is 8.88. The van der Waals surface area contributed by atoms with Gasteiger partial charge >= 0.3 is 0 Å². The number of hydrogen-bond acceptors (Lipinski definition) is 8. The van der Waals surface area contributed by atoms with Crippen molar-refractivity contribution in [2.45, 2.75) is 0 Å². The summed E-state index contributed by atoms with van der Waals surface area (Å²) in [6, 6.07) is 18.2. The lowest BCUT2D eigenvalue weighted by molar-refractivity contribution is 0.130. The standard InChI is InChI=1S/C28H28FN3O4S/c29-21-2-1-3-22(16-21)30-37-19-32-12-10-31(11-13-32)14-15-35-24-8-9-25-27(17-24)36-18-26(28(25)34)20-4-6-23(33)7-5-20/h1-9,16-18,30,33H,10-15,19H2. The van der Waals surface area contributed by atoms with Crippen molar-refractivity contribution in [1.29, 1.82) is 0 Å². The Kier molecular flexibility index (Phi) is 7.93. The summed E-state index contributed by atoms with van der Waals surface area (Å²) in [6.45, 7) is 5.18. The van der Waals surface area contributed by atoms with E-state index in [0.29, 0.717) is 34.5 Å². The summed E-state index contributed by atoms with van der Waals surface area (Å²) in [6.07, 6.45) is 1.45. The van der Waals surface area contributed by atoms with Crippen LogP contribution >= 0.6 is 11.9 Å². The average molecular weight is 522 g/mol. The summed E-state index contributed by atoms with van der Waals surface area (Å²) in [5.41, 5.74) is 2.26. The summed E-state index contributed by atoms with van der Waals surface area (Å²) in [4.78, 5) is 17.7. The first kappa shape index (κ1) is 25.1. The second kappa shape index (κ2) is 11.7. The molecule has 192 valence electrons. The number of anilines is 1. The first-order valence-corrected chi connectivity index (χ1v) is 13.1. The molecule has 0 bridgehead atoms. The van der Waals surface area contributed by atoms with Gasteiger partial charge in [0.25, 0.3) is 0 Å². The van der Waals surface area contributed by atoms with Crippen LogP contribution in [0.5, 0.6) is 11.5 Å². The molecule has 0 amide bonds. The predicted molar refractivity (Wildman–Crippen MR) is 146 cm³/mol. The third-order valence-corrected chi connectivity index (χ3v) is 7.20. The normalized spacial score (nSPS) is 14.6. The van der Waals surface area contributed by atoms with E-state index in [9.17, 15) is 14.3 Å². The Labute approximate surface area is 218 Å². The monoisotopic (exact) mass is 521 g/mol. The number of piperazine rings is 1. The number of phenols is 1. The number of fused-ring (bicyclic) bond motifs is 1. The van der Waals surface area contributed by atoms with Crippen LogP contribution in [0.2, 0.25) is 0 Å². The number of nitrogens with zero attached hydrogens (tertiary/aromatic N) is 2. The second-order valence-corrected chi connectivity index (χ2v) is 9.63. The molecule has 7 nitrogen and oxygen atoms in total. The van der Waals surface area contributed by atoms with Crippen molar-refractivity contribution < 1.29 is 18.7 Å². The van der Waals surface area contributed by atoms with Crippen LogP contribution in [0.25, 0.3) is 22.1 Å². The van der Waals surface area contributed by atoms with Gasteiger partial charge in [-0.2, -0.15) is 0 Å². The fraction of sp³-hybridized carbons (Fsp3) is 0.250. The molecule has 1 saturated heterocycles. The van der Waals surface area contributed by atoms with Crippen LogP contribution in [0.15, 0.2) is 82.2 Å². The lowest BCUT2D eigenvalue weighted by atomic mass is 10.1. The van der Waals surface area contributed by atoms with Crippen molar-refractivity contribution in [1.82, 2.24) is 9.80 Å². The fourth-order valence-electron chi connectivity index (χ4n) is 4.23. The van der Waals surface area contributed by atoms with Gasteiger partial charge in [-0.15, -0.1) is 0 Å². The lowest BCUT2D eigenvalue weighted by Crippen LogP contribution is -2.47. The van der Waals surface area contributed by atoms with Gasteiger partial charge in [0.2, 0.25) is 0 Å². The van der Waals surface area contributed by atoms with E-state index in [0.717, 1.165) is 44.3 Å². The van der Waals surface area contributed by atoms with Gasteiger partial charge in [-0.05, 0) is 60.0 Å². The van der Waals surface area contributed by atoms with Crippen LogP contribution in [0.4, 0.5) is 10.1 Å². The van der Waals surface area contributed by atoms with Crippen LogP contribution in [0, 0.1) is 5.82 Å². The molecule has 0 spiro atoms. The van der Waals surface area contributed by atoms with Gasteiger partial charge in [0.1, 0.15) is 35.8 Å². The van der Waals surface area contributed by atoms with E-state index in [1.165, 1.54) is 18.4 Å². The van der Waals surface area contributed by atoms with Crippen LogP contribution in [0.1, 0.15) is 0 Å². The molecule has 2 N–H and O–H groups in total. The maximum atomic E-state index is 13.3. The molecule has 0 unspecified atom stereocenters. The molecule has 0 aliphatic carbocycles. The smallest absolute Gasteiger partial charge is 0.200 e. The quantitative estimate of drug-likeness (QED) is 0.298. The molecule has 2 heterocycles. The summed E-state index contributed by atoms with van der Waals surface area (Å²) in [5.74, 6) is 1.39. The molecule has 3 aromatic carbocycles. The molecule has 4 aromatic rings. The highest BCUT2D eigenvalue weighted by molar-refractivity contribution is 8.00. The van der Waals surface area contributed by atoms with E-state index >= 15 is 0 Å². The molecule has 1 aliphatic heterocycles. The van der Waals surface area contributed by atoms with Crippen LogP contribution in [0.3, 0.4) is 0 Å². The number of benzene rings is 3. The molecule has 9 heteroatoms. The first-order chi connectivity index (χ1) is 18.0. The van der Waals surface area contributed by atoms with Gasteiger partial charge in [-0.1, -0.05) is 18.2 Å². The number of hydrogen-bond donors (Lipinski definition) is 2. The van der Waals surface area contributed by atoms with E-state index in [1.807, 2.05) is 6.07 Å². The van der Waals surface area contributed by atoms with Gasteiger partial charge in [0, 0.05) is 44.5 Å². The van der Waals surface area contributed by atoms with E-state index in [-0.39, 0.29) is 17.0 Å². The zero-order valence-electron chi connectivity index (χ0n) is 20.2. The van der Waals surface area contributed by atoms with Crippen molar-refractivity contribution >= 4 is 28.6 Å². The summed E-state index contributed by atoms with van der Waals surface area (Å²) >= 11 is 1.56. The Balaban J connectivity index is 1.07. The third kappa shape index (κ3) is 6.43. The highest BCUT2D eigenvalue weighted by atomic mass is 32.2. The highest BCUT2D eigenvalue weighted by Crippen LogP contribution is 2.24. The molecule has 5 rings (SSSR count).